The summed E-state index contributed by atoms with van der Waals surface area (Å²) in [5.41, 5.74) is 1.75. The molecule has 0 atom stereocenters. The van der Waals surface area contributed by atoms with E-state index in [0.29, 0.717) is 0 Å². The molecular weight excluding hydrogens is 224 g/mol. The van der Waals surface area contributed by atoms with Crippen molar-refractivity contribution >= 4 is 11.9 Å². The number of carboxylic acids is 2. The Labute approximate surface area is 98.5 Å². The molecule has 6 heteroatoms. The molecule has 0 aliphatic carbocycles. The lowest BCUT2D eigenvalue weighted by Crippen LogP contribution is -2.34. The maximum atomic E-state index is 10.6. The second-order valence-corrected chi connectivity index (χ2v) is 3.80. The van der Waals surface area contributed by atoms with Crippen LogP contribution < -0.4 is 0 Å². The molecule has 6 nitrogen and oxygen atoms in total. The molecule has 0 saturated heterocycles. The summed E-state index contributed by atoms with van der Waals surface area (Å²) in [5, 5.41) is 17.4. The van der Waals surface area contributed by atoms with E-state index in [2.05, 4.69) is 4.98 Å². The predicted octanol–water partition coefficient (Wildman–Crippen LogP) is 0.361. The summed E-state index contributed by atoms with van der Waals surface area (Å²) in [6, 6.07) is 1.85. The minimum atomic E-state index is -1.05. The van der Waals surface area contributed by atoms with E-state index in [1.807, 2.05) is 13.0 Å². The molecule has 0 aromatic carbocycles. The third kappa shape index (κ3) is 5.07. The summed E-state index contributed by atoms with van der Waals surface area (Å²) < 4.78 is 0. The molecule has 2 N–H and O–H groups in total. The molecule has 0 saturated carbocycles. The van der Waals surface area contributed by atoms with Gasteiger partial charge in [-0.2, -0.15) is 0 Å². The molecular formula is C11H14N2O4. The van der Waals surface area contributed by atoms with Crippen molar-refractivity contribution in [1.29, 1.82) is 0 Å². The first-order valence-electron chi connectivity index (χ1n) is 5.04. The molecule has 0 bridgehead atoms. The smallest absolute Gasteiger partial charge is 0.317 e. The van der Waals surface area contributed by atoms with Crippen molar-refractivity contribution in [1.82, 2.24) is 9.88 Å². The van der Waals surface area contributed by atoms with Crippen LogP contribution in [0.15, 0.2) is 18.5 Å². The number of aliphatic carboxylic acids is 2. The van der Waals surface area contributed by atoms with E-state index < -0.39 is 11.9 Å². The van der Waals surface area contributed by atoms with E-state index in [-0.39, 0.29) is 19.6 Å². The number of nitrogens with zero attached hydrogens (tertiary/aromatic N) is 2. The van der Waals surface area contributed by atoms with Crippen LogP contribution in [0.4, 0.5) is 0 Å². The summed E-state index contributed by atoms with van der Waals surface area (Å²) in [5.74, 6) is -2.10. The first kappa shape index (κ1) is 13.1. The largest absolute Gasteiger partial charge is 0.480 e. The third-order valence-electron chi connectivity index (χ3n) is 2.06. The van der Waals surface area contributed by atoms with Crippen LogP contribution in [0.2, 0.25) is 0 Å². The quantitative estimate of drug-likeness (QED) is 0.743. The van der Waals surface area contributed by atoms with Gasteiger partial charge in [-0.25, -0.2) is 0 Å². The third-order valence-corrected chi connectivity index (χ3v) is 2.06. The van der Waals surface area contributed by atoms with Crippen molar-refractivity contribution in [2.45, 2.75) is 13.5 Å². The average Bonchev–Trinajstić information content (AvgIpc) is 2.14. The zero-order valence-electron chi connectivity index (χ0n) is 9.46. The maximum Gasteiger partial charge on any atom is 0.317 e. The van der Waals surface area contributed by atoms with Crippen LogP contribution in [0, 0.1) is 6.92 Å². The van der Waals surface area contributed by atoms with E-state index in [4.69, 9.17) is 10.2 Å². The van der Waals surface area contributed by atoms with Gasteiger partial charge in [-0.05, 0) is 18.1 Å². The van der Waals surface area contributed by atoms with Crippen molar-refractivity contribution in [3.63, 3.8) is 0 Å². The van der Waals surface area contributed by atoms with Gasteiger partial charge in [0.15, 0.2) is 0 Å². The first-order chi connectivity index (χ1) is 7.97. The van der Waals surface area contributed by atoms with Gasteiger partial charge in [0.2, 0.25) is 0 Å². The highest BCUT2D eigenvalue weighted by molar-refractivity contribution is 5.72. The number of aromatic nitrogens is 1. The lowest BCUT2D eigenvalue weighted by Gasteiger charge is -2.17. The van der Waals surface area contributed by atoms with Gasteiger partial charge in [0.25, 0.3) is 0 Å². The van der Waals surface area contributed by atoms with Crippen LogP contribution in [0.5, 0.6) is 0 Å². The molecule has 0 spiro atoms. The number of aryl methyl sites for hydroxylation is 1. The number of hydrogen-bond acceptors (Lipinski definition) is 4. The van der Waals surface area contributed by atoms with Crippen LogP contribution in [0.1, 0.15) is 11.1 Å². The molecule has 92 valence electrons. The lowest BCUT2D eigenvalue weighted by molar-refractivity contribution is -0.142. The minimum Gasteiger partial charge on any atom is -0.480 e. The summed E-state index contributed by atoms with van der Waals surface area (Å²) in [6.45, 7) is 1.52. The van der Waals surface area contributed by atoms with Gasteiger partial charge in [-0.3, -0.25) is 19.5 Å². The van der Waals surface area contributed by atoms with Crippen LogP contribution in [-0.4, -0.2) is 45.1 Å². The first-order valence-corrected chi connectivity index (χ1v) is 5.04. The zero-order valence-corrected chi connectivity index (χ0v) is 9.46. The molecule has 1 aromatic heterocycles. The Morgan fingerprint density at radius 1 is 1.24 bits per heavy atom. The molecule has 0 radical (unpaired) electrons. The SMILES string of the molecule is Cc1cncc(CN(CC(=O)O)CC(=O)O)c1. The number of carboxylic acid groups (broad SMARTS) is 2. The van der Waals surface area contributed by atoms with E-state index in [1.54, 1.807) is 12.4 Å². The molecule has 0 unspecified atom stereocenters. The molecule has 1 aromatic rings. The Kier molecular flexibility index (Phi) is 4.59. The Balaban J connectivity index is 2.71. The molecule has 1 heterocycles. The highest BCUT2D eigenvalue weighted by Crippen LogP contribution is 2.05. The monoisotopic (exact) mass is 238 g/mol. The van der Waals surface area contributed by atoms with Gasteiger partial charge < -0.3 is 10.2 Å². The van der Waals surface area contributed by atoms with Gasteiger partial charge in [-0.1, -0.05) is 6.07 Å². The summed E-state index contributed by atoms with van der Waals surface area (Å²) in [7, 11) is 0. The Bertz CT molecular complexity index is 404. The fourth-order valence-electron chi connectivity index (χ4n) is 1.51. The molecule has 0 fully saturated rings. The summed E-state index contributed by atoms with van der Waals surface area (Å²) in [6.07, 6.45) is 3.28. The van der Waals surface area contributed by atoms with E-state index in [9.17, 15) is 9.59 Å². The van der Waals surface area contributed by atoms with E-state index in [1.165, 1.54) is 4.90 Å². The zero-order chi connectivity index (χ0) is 12.8. The van der Waals surface area contributed by atoms with Gasteiger partial charge in [0, 0.05) is 18.9 Å². The summed E-state index contributed by atoms with van der Waals surface area (Å²) >= 11 is 0. The number of hydrogen-bond donors (Lipinski definition) is 2. The van der Waals surface area contributed by atoms with E-state index >= 15 is 0 Å². The predicted molar refractivity (Wildman–Crippen MR) is 59.5 cm³/mol. The highest BCUT2D eigenvalue weighted by atomic mass is 16.4. The van der Waals surface area contributed by atoms with E-state index in [0.717, 1.165) is 11.1 Å². The molecule has 0 aliphatic rings. The van der Waals surface area contributed by atoms with Crippen molar-refractivity contribution < 1.29 is 19.8 Å². The van der Waals surface area contributed by atoms with Gasteiger partial charge in [0.05, 0.1) is 13.1 Å². The van der Waals surface area contributed by atoms with Gasteiger partial charge in [0.1, 0.15) is 0 Å². The number of pyridine rings is 1. The van der Waals surface area contributed by atoms with Crippen LogP contribution in [0.3, 0.4) is 0 Å². The van der Waals surface area contributed by atoms with Crippen molar-refractivity contribution in [3.8, 4) is 0 Å². The second-order valence-electron chi connectivity index (χ2n) is 3.80. The second kappa shape index (κ2) is 5.95. The fourth-order valence-corrected chi connectivity index (χ4v) is 1.51. The molecule has 17 heavy (non-hydrogen) atoms. The number of rotatable bonds is 6. The van der Waals surface area contributed by atoms with Crippen LogP contribution in [0.25, 0.3) is 0 Å². The lowest BCUT2D eigenvalue weighted by atomic mass is 10.2. The molecule has 0 amide bonds. The van der Waals surface area contributed by atoms with Crippen molar-refractivity contribution in [2.75, 3.05) is 13.1 Å². The fraction of sp³-hybridized carbons (Fsp3) is 0.364. The Morgan fingerprint density at radius 3 is 2.29 bits per heavy atom. The molecule has 1 rings (SSSR count). The Hall–Kier alpha value is -1.95. The standard InChI is InChI=1S/C11H14N2O4/c1-8-2-9(4-12-3-8)5-13(6-10(14)15)7-11(16)17/h2-4H,5-7H2,1H3,(H,14,15)(H,16,17). The maximum absolute atomic E-state index is 10.6. The van der Waals surface area contributed by atoms with Crippen molar-refractivity contribution in [3.05, 3.63) is 29.6 Å². The van der Waals surface area contributed by atoms with Crippen LogP contribution in [-0.2, 0) is 16.1 Å². The normalized spacial score (nSPS) is 10.5. The topological polar surface area (TPSA) is 90.7 Å². The van der Waals surface area contributed by atoms with Crippen molar-refractivity contribution in [2.24, 2.45) is 0 Å². The Morgan fingerprint density at radius 2 is 1.82 bits per heavy atom. The highest BCUT2D eigenvalue weighted by Gasteiger charge is 2.13. The minimum absolute atomic E-state index is 0.257. The van der Waals surface area contributed by atoms with Gasteiger partial charge >= 0.3 is 11.9 Å². The van der Waals surface area contributed by atoms with Gasteiger partial charge in [-0.15, -0.1) is 0 Å². The summed E-state index contributed by atoms with van der Waals surface area (Å²) in [4.78, 5) is 26.5. The number of carbonyl (C=O) groups is 2. The molecule has 0 aliphatic heterocycles. The van der Waals surface area contributed by atoms with Crippen LogP contribution >= 0.6 is 0 Å². The average molecular weight is 238 g/mol.